The number of nitrogen functional groups attached to an aromatic ring is 1. The molecule has 0 spiro atoms. The van der Waals surface area contributed by atoms with Crippen LogP contribution in [0, 0.1) is 29.9 Å². The van der Waals surface area contributed by atoms with E-state index in [1.54, 1.807) is 22.1 Å². The summed E-state index contributed by atoms with van der Waals surface area (Å²) in [5.74, 6) is -2.30. The number of rotatable bonds is 3. The first-order valence-electron chi connectivity index (χ1n) is 13.5. The van der Waals surface area contributed by atoms with Crippen LogP contribution in [-0.4, -0.2) is 58.1 Å². The fraction of sp³-hybridized carbons (Fsp3) is 0.267. The normalized spacial score (nSPS) is 19.3. The lowest BCUT2D eigenvalue weighted by atomic mass is 9.94. The summed E-state index contributed by atoms with van der Waals surface area (Å²) in [6.45, 7) is 8.85. The molecule has 1 saturated heterocycles. The molecule has 0 radical (unpaired) electrons. The molecule has 3 aromatic rings. The molecule has 1 amide bonds. The summed E-state index contributed by atoms with van der Waals surface area (Å²) in [4.78, 5) is 27.0. The molecule has 6 rings (SSSR count). The van der Waals surface area contributed by atoms with Crippen LogP contribution >= 0.6 is 34.8 Å². The summed E-state index contributed by atoms with van der Waals surface area (Å²) in [6, 6.07) is 5.71. The first-order valence-corrected chi connectivity index (χ1v) is 14.7. The Hall–Kier alpha value is -3.95. The van der Waals surface area contributed by atoms with Gasteiger partial charge in [0, 0.05) is 37.9 Å². The van der Waals surface area contributed by atoms with Crippen LogP contribution in [0.1, 0.15) is 29.8 Å². The minimum atomic E-state index is -1.20. The molecule has 3 aliphatic heterocycles. The molecule has 0 aliphatic carbocycles. The van der Waals surface area contributed by atoms with Crippen molar-refractivity contribution in [1.29, 1.82) is 5.26 Å². The molecule has 0 bridgehead atoms. The van der Waals surface area contributed by atoms with Gasteiger partial charge in [0.1, 0.15) is 33.6 Å². The zero-order chi connectivity index (χ0) is 31.6. The number of pyridine rings is 2. The highest BCUT2D eigenvalue weighted by atomic mass is 35.5. The van der Waals surface area contributed by atoms with E-state index in [1.165, 1.54) is 6.08 Å². The molecule has 0 saturated carbocycles. The lowest BCUT2D eigenvalue weighted by Gasteiger charge is -2.47. The molecule has 5 heterocycles. The van der Waals surface area contributed by atoms with Gasteiger partial charge in [0.25, 0.3) is 0 Å². The molecule has 2 N–H and O–H groups in total. The third-order valence-electron chi connectivity index (χ3n) is 8.03. The Kier molecular flexibility index (Phi) is 7.66. The maximum Gasteiger partial charge on any atom is 0.246 e. The number of carbonyl (C=O) groups is 1. The summed E-state index contributed by atoms with van der Waals surface area (Å²) in [7, 11) is 0. The van der Waals surface area contributed by atoms with E-state index in [4.69, 9.17) is 50.3 Å². The Labute approximate surface area is 266 Å². The van der Waals surface area contributed by atoms with Gasteiger partial charge < -0.3 is 20.3 Å². The molecule has 1 fully saturated rings. The molecular formula is C30H24Cl3F2N7O2. The zero-order valence-electron chi connectivity index (χ0n) is 23.5. The molecule has 1 aromatic carbocycles. The summed E-state index contributed by atoms with van der Waals surface area (Å²) in [5.41, 5.74) is 8.54. The van der Waals surface area contributed by atoms with E-state index in [-0.39, 0.29) is 28.0 Å². The summed E-state index contributed by atoms with van der Waals surface area (Å²) < 4.78 is 36.5. The maximum atomic E-state index is 15.5. The molecule has 44 heavy (non-hydrogen) atoms. The predicted molar refractivity (Wildman–Crippen MR) is 164 cm³/mol. The lowest BCUT2D eigenvalue weighted by Crippen LogP contribution is -2.50. The molecule has 2 unspecified atom stereocenters. The molecule has 2 atom stereocenters. The van der Waals surface area contributed by atoms with Gasteiger partial charge in [-0.25, -0.2) is 13.8 Å². The van der Waals surface area contributed by atoms with Crippen molar-refractivity contribution in [3.63, 3.8) is 0 Å². The standard InChI is InChI=1S/C30H24Cl3F2N7O2/c1-4-18(43)40-7-9-41(10-8-40)28-15-11-17(31)26(19-22(34)20(32)23(35)21(33)24(19)37)39-29(15)42-27-13(2)5-6-38-25(27)14(3)44-30(42)16(28)12-36/h4-6,11,14,30H,1,7-10,37H2,2-3H3. The number of nitriles is 1. The van der Waals surface area contributed by atoms with Crippen LogP contribution in [0.15, 0.2) is 36.6 Å². The second kappa shape index (κ2) is 11.2. The smallest absolute Gasteiger partial charge is 0.246 e. The maximum absolute atomic E-state index is 15.5. The summed E-state index contributed by atoms with van der Waals surface area (Å²) in [5, 5.41) is 9.11. The first-order chi connectivity index (χ1) is 21.0. The van der Waals surface area contributed by atoms with Crippen molar-refractivity contribution in [3.8, 4) is 17.3 Å². The number of nitrogens with two attached hydrogens (primary N) is 1. The van der Waals surface area contributed by atoms with Crippen molar-refractivity contribution >= 4 is 63.6 Å². The van der Waals surface area contributed by atoms with E-state index in [2.05, 4.69) is 17.6 Å². The number of anilines is 3. The minimum absolute atomic E-state index is 0.0452. The van der Waals surface area contributed by atoms with E-state index >= 15 is 4.39 Å². The van der Waals surface area contributed by atoms with Crippen molar-refractivity contribution in [1.82, 2.24) is 19.8 Å². The van der Waals surface area contributed by atoms with Crippen LogP contribution in [0.25, 0.3) is 17.0 Å². The Bertz CT molecular complexity index is 1810. The van der Waals surface area contributed by atoms with E-state index in [1.807, 2.05) is 24.8 Å². The van der Waals surface area contributed by atoms with Crippen molar-refractivity contribution < 1.29 is 18.3 Å². The number of aryl methyl sites for hydroxylation is 1. The summed E-state index contributed by atoms with van der Waals surface area (Å²) in [6.07, 6.45) is 1.49. The van der Waals surface area contributed by atoms with Crippen LogP contribution in [0.2, 0.25) is 15.1 Å². The van der Waals surface area contributed by atoms with Gasteiger partial charge in [-0.15, -0.1) is 0 Å². The van der Waals surface area contributed by atoms with Crippen LogP contribution in [0.4, 0.5) is 26.0 Å². The molecular weight excluding hydrogens is 635 g/mol. The van der Waals surface area contributed by atoms with Crippen LogP contribution in [0.3, 0.4) is 0 Å². The Morgan fingerprint density at radius 1 is 1.20 bits per heavy atom. The molecule has 9 nitrogen and oxygen atoms in total. The number of ether oxygens (including phenoxy) is 1. The van der Waals surface area contributed by atoms with Crippen LogP contribution in [-0.2, 0) is 9.53 Å². The molecule has 2 aromatic heterocycles. The predicted octanol–water partition coefficient (Wildman–Crippen LogP) is 6.41. The van der Waals surface area contributed by atoms with E-state index < -0.39 is 39.7 Å². The number of piperazine rings is 1. The largest absolute Gasteiger partial charge is 0.397 e. The quantitative estimate of drug-likeness (QED) is 0.149. The fourth-order valence-electron chi connectivity index (χ4n) is 5.92. The van der Waals surface area contributed by atoms with Gasteiger partial charge in [-0.05, 0) is 37.6 Å². The molecule has 14 heteroatoms. The van der Waals surface area contributed by atoms with Gasteiger partial charge in [0.05, 0.1) is 39.0 Å². The van der Waals surface area contributed by atoms with Gasteiger partial charge in [-0.1, -0.05) is 41.4 Å². The number of nitrogens with zero attached hydrogens (tertiary/aromatic N) is 6. The first kappa shape index (κ1) is 30.1. The second-order valence-corrected chi connectivity index (χ2v) is 11.7. The average Bonchev–Trinajstić information content (AvgIpc) is 3.02. The third kappa shape index (κ3) is 4.47. The van der Waals surface area contributed by atoms with Crippen molar-refractivity contribution in [2.75, 3.05) is 36.8 Å². The van der Waals surface area contributed by atoms with Crippen LogP contribution in [0.5, 0.6) is 0 Å². The van der Waals surface area contributed by atoms with Crippen molar-refractivity contribution in [2.24, 2.45) is 0 Å². The Balaban J connectivity index is 1.62. The average molecular weight is 659 g/mol. The van der Waals surface area contributed by atoms with Crippen molar-refractivity contribution in [2.45, 2.75) is 26.2 Å². The Morgan fingerprint density at radius 3 is 2.57 bits per heavy atom. The molecule has 3 aliphatic rings. The number of hydrogen-bond acceptors (Lipinski definition) is 8. The van der Waals surface area contributed by atoms with Gasteiger partial charge in [0.15, 0.2) is 17.9 Å². The number of halogens is 5. The lowest BCUT2D eigenvalue weighted by molar-refractivity contribution is -0.127. The van der Waals surface area contributed by atoms with E-state index in [0.717, 1.165) is 5.56 Å². The highest BCUT2D eigenvalue weighted by Crippen LogP contribution is 2.52. The highest BCUT2D eigenvalue weighted by molar-refractivity contribution is 6.38. The number of hydrogen-bond donors (Lipinski definition) is 1. The number of carbonyl (C=O) groups excluding carboxylic acids is 1. The van der Waals surface area contributed by atoms with E-state index in [9.17, 15) is 14.4 Å². The minimum Gasteiger partial charge on any atom is -0.397 e. The zero-order valence-corrected chi connectivity index (χ0v) is 25.7. The Morgan fingerprint density at radius 2 is 1.91 bits per heavy atom. The van der Waals surface area contributed by atoms with E-state index in [0.29, 0.717) is 54.4 Å². The SMILES string of the molecule is C=CC(=O)N1CCN(C2=C(C#N)C3OC(C)c4nccc(C)c4N3c3nc(-c4c(N)c(Cl)c(F)c(Cl)c4F)c(Cl)cc32)CC1. The number of fused-ring (bicyclic) bond motifs is 5. The third-order valence-corrected chi connectivity index (χ3v) is 9.02. The monoisotopic (exact) mass is 657 g/mol. The number of aromatic nitrogens is 2. The topological polar surface area (TPSA) is 112 Å². The molecule has 226 valence electrons. The summed E-state index contributed by atoms with van der Waals surface area (Å²) >= 11 is 18.8. The number of amides is 1. The van der Waals surface area contributed by atoms with Crippen LogP contribution < -0.4 is 10.6 Å². The van der Waals surface area contributed by atoms with Crippen molar-refractivity contribution in [3.05, 3.63) is 80.1 Å². The second-order valence-electron chi connectivity index (χ2n) is 10.5. The van der Waals surface area contributed by atoms with Gasteiger partial charge in [-0.2, -0.15) is 5.26 Å². The van der Waals surface area contributed by atoms with Gasteiger partial charge >= 0.3 is 0 Å². The highest BCUT2D eigenvalue weighted by Gasteiger charge is 2.45. The van der Waals surface area contributed by atoms with Gasteiger partial charge in [-0.3, -0.25) is 14.7 Å². The number of benzene rings is 1. The fourth-order valence-corrected chi connectivity index (χ4v) is 6.59. The van der Waals surface area contributed by atoms with Gasteiger partial charge in [0.2, 0.25) is 5.91 Å².